The molecule has 2 bridgehead atoms. The number of benzene rings is 1. The highest BCUT2D eigenvalue weighted by molar-refractivity contribution is 6.06. The Morgan fingerprint density at radius 3 is 2.35 bits per heavy atom. The smallest absolute Gasteiger partial charge is 0.308 e. The molecule has 0 radical (unpaired) electrons. The van der Waals surface area contributed by atoms with Gasteiger partial charge in [0.25, 0.3) is 5.69 Å². The number of amides is 2. The molecular formula is C22H20N2O7. The number of hydrogen-bond acceptors (Lipinski definition) is 7. The second kappa shape index (κ2) is 7.11. The number of ether oxygens (including phenoxy) is 1. The summed E-state index contributed by atoms with van der Waals surface area (Å²) in [7, 11) is 0. The zero-order valence-corrected chi connectivity index (χ0v) is 16.5. The molecule has 5 aliphatic rings. The number of nitro benzene ring substituents is 1. The van der Waals surface area contributed by atoms with E-state index in [1.165, 1.54) is 23.1 Å². The Bertz CT molecular complexity index is 1010. The van der Waals surface area contributed by atoms with Crippen LogP contribution in [0, 0.1) is 45.6 Å². The third-order valence-electron chi connectivity index (χ3n) is 7.04. The summed E-state index contributed by atoms with van der Waals surface area (Å²) < 4.78 is 4.97. The van der Waals surface area contributed by atoms with Crippen molar-refractivity contribution in [1.82, 2.24) is 4.90 Å². The van der Waals surface area contributed by atoms with Crippen molar-refractivity contribution < 1.29 is 28.8 Å². The Labute approximate surface area is 177 Å². The van der Waals surface area contributed by atoms with Crippen LogP contribution in [0.5, 0.6) is 0 Å². The molecule has 1 aromatic rings. The maximum atomic E-state index is 12.9. The summed E-state index contributed by atoms with van der Waals surface area (Å²) in [5.41, 5.74) is -0.164. The Hall–Kier alpha value is -3.36. The average molecular weight is 424 g/mol. The van der Waals surface area contributed by atoms with Gasteiger partial charge in [-0.25, -0.2) is 0 Å². The predicted octanol–water partition coefficient (Wildman–Crippen LogP) is 1.76. The van der Waals surface area contributed by atoms with E-state index in [9.17, 15) is 29.3 Å². The lowest BCUT2D eigenvalue weighted by atomic mass is 9.63. The lowest BCUT2D eigenvalue weighted by Gasteiger charge is -2.37. The zero-order chi connectivity index (χ0) is 21.9. The molecule has 6 atom stereocenters. The quantitative estimate of drug-likeness (QED) is 0.163. The molecule has 0 N–H and O–H groups in total. The number of ketones is 1. The van der Waals surface area contributed by atoms with Gasteiger partial charge in [0.05, 0.1) is 23.2 Å². The summed E-state index contributed by atoms with van der Waals surface area (Å²) in [5.74, 6) is -1.04. The van der Waals surface area contributed by atoms with E-state index >= 15 is 0 Å². The van der Waals surface area contributed by atoms with Gasteiger partial charge >= 0.3 is 5.97 Å². The van der Waals surface area contributed by atoms with E-state index in [2.05, 4.69) is 12.2 Å². The van der Waals surface area contributed by atoms with Crippen molar-refractivity contribution in [3.05, 3.63) is 52.1 Å². The first-order valence-electron chi connectivity index (χ1n) is 10.3. The second-order valence-electron chi connectivity index (χ2n) is 8.62. The van der Waals surface area contributed by atoms with Gasteiger partial charge in [0.1, 0.15) is 0 Å². The Kier molecular flexibility index (Phi) is 4.49. The van der Waals surface area contributed by atoms with E-state index in [0.717, 1.165) is 12.5 Å². The van der Waals surface area contributed by atoms with E-state index in [4.69, 9.17) is 4.74 Å². The number of hydrogen-bond donors (Lipinski definition) is 0. The highest BCUT2D eigenvalue weighted by Crippen LogP contribution is 2.65. The molecule has 2 saturated carbocycles. The largest absolute Gasteiger partial charge is 0.457 e. The van der Waals surface area contributed by atoms with Crippen LogP contribution >= 0.6 is 0 Å². The number of carbonyl (C=O) groups excluding carboxylic acids is 4. The predicted molar refractivity (Wildman–Crippen MR) is 104 cm³/mol. The number of nitrogens with zero attached hydrogens (tertiary/aromatic N) is 2. The molecule has 4 aliphatic carbocycles. The average Bonchev–Trinajstić information content (AvgIpc) is 3.55. The molecule has 1 aliphatic heterocycles. The van der Waals surface area contributed by atoms with Gasteiger partial charge in [0, 0.05) is 24.2 Å². The SMILES string of the molecule is O=C(CCN1C(=O)[C@@H]2[C@H]3C=C[C@@H]([C@@H]4C[C@H]34)[C@@H]2C1=O)OCC(=O)c1cccc([N+](=O)[O-])c1. The van der Waals surface area contributed by atoms with Crippen LogP contribution in [0.4, 0.5) is 5.69 Å². The van der Waals surface area contributed by atoms with Gasteiger partial charge in [-0.15, -0.1) is 0 Å². The molecule has 9 nitrogen and oxygen atoms in total. The van der Waals surface area contributed by atoms with Gasteiger partial charge in [-0.2, -0.15) is 0 Å². The second-order valence-corrected chi connectivity index (χ2v) is 8.62. The number of allylic oxidation sites excluding steroid dienone is 2. The summed E-state index contributed by atoms with van der Waals surface area (Å²) in [4.78, 5) is 61.3. The third-order valence-corrected chi connectivity index (χ3v) is 7.04. The van der Waals surface area contributed by atoms with Crippen molar-refractivity contribution in [1.29, 1.82) is 0 Å². The molecular weight excluding hydrogens is 404 g/mol. The van der Waals surface area contributed by atoms with Gasteiger partial charge in [-0.05, 0) is 30.1 Å². The van der Waals surface area contributed by atoms with Gasteiger partial charge in [-0.1, -0.05) is 24.3 Å². The summed E-state index contributed by atoms with van der Waals surface area (Å²) in [6, 6.07) is 5.16. The normalized spacial score (nSPS) is 31.9. The first-order chi connectivity index (χ1) is 14.9. The van der Waals surface area contributed by atoms with Crippen molar-refractivity contribution in [3.8, 4) is 0 Å². The Morgan fingerprint density at radius 1 is 1.10 bits per heavy atom. The summed E-state index contributed by atoms with van der Waals surface area (Å²) in [5, 5.41) is 10.8. The van der Waals surface area contributed by atoms with E-state index in [1.807, 2.05) is 0 Å². The minimum Gasteiger partial charge on any atom is -0.457 e. The molecule has 3 fully saturated rings. The minimum atomic E-state index is -0.710. The highest BCUT2D eigenvalue weighted by Gasteiger charge is 2.66. The summed E-state index contributed by atoms with van der Waals surface area (Å²) in [6.07, 6.45) is 5.06. The lowest BCUT2D eigenvalue weighted by Crippen LogP contribution is -2.40. The number of Topliss-reactive ketones (excluding diaryl/α,β-unsaturated/α-hetero) is 1. The van der Waals surface area contributed by atoms with Gasteiger partial charge in [0.15, 0.2) is 6.61 Å². The molecule has 6 rings (SSSR count). The first-order valence-corrected chi connectivity index (χ1v) is 10.3. The van der Waals surface area contributed by atoms with E-state index in [-0.39, 0.29) is 59.7 Å². The molecule has 160 valence electrons. The standard InChI is InChI=1S/C22H20N2O7/c25-17(11-2-1-3-12(8-11)24(29)30)10-31-18(26)6-7-23-21(27)19-13-4-5-14(16-9-15(13)16)20(19)22(23)28/h1-5,8,13-16,19-20H,6-7,9-10H2/t13-,14-,15-,16+,19-,20+/m0/s1. The minimum absolute atomic E-state index is 0.0662. The molecule has 1 aromatic carbocycles. The molecule has 9 heteroatoms. The molecule has 0 unspecified atom stereocenters. The van der Waals surface area contributed by atoms with E-state index in [1.54, 1.807) is 0 Å². The lowest BCUT2D eigenvalue weighted by molar-refractivity contribution is -0.384. The number of non-ortho nitro benzene ring substituents is 1. The zero-order valence-electron chi connectivity index (χ0n) is 16.5. The number of esters is 1. The number of imide groups is 1. The number of carbonyl (C=O) groups is 4. The maximum Gasteiger partial charge on any atom is 0.308 e. The summed E-state index contributed by atoms with van der Waals surface area (Å²) >= 11 is 0. The number of likely N-dealkylation sites (tertiary alicyclic amines) is 1. The van der Waals surface area contributed by atoms with Crippen molar-refractivity contribution in [2.75, 3.05) is 13.2 Å². The fourth-order valence-corrected chi connectivity index (χ4v) is 5.54. The van der Waals surface area contributed by atoms with E-state index < -0.39 is 23.3 Å². The van der Waals surface area contributed by atoms with Crippen molar-refractivity contribution in [3.63, 3.8) is 0 Å². The molecule has 2 amide bonds. The van der Waals surface area contributed by atoms with E-state index in [0.29, 0.717) is 11.8 Å². The van der Waals surface area contributed by atoms with Crippen LogP contribution in [0.15, 0.2) is 36.4 Å². The molecule has 0 aromatic heterocycles. The van der Waals surface area contributed by atoms with Crippen molar-refractivity contribution in [2.24, 2.45) is 35.5 Å². The van der Waals surface area contributed by atoms with Crippen LogP contribution in [0.2, 0.25) is 0 Å². The molecule has 1 heterocycles. The number of rotatable bonds is 7. The fraction of sp³-hybridized carbons (Fsp3) is 0.455. The van der Waals surface area contributed by atoms with Crippen LogP contribution in [-0.4, -0.2) is 46.5 Å². The molecule has 31 heavy (non-hydrogen) atoms. The third kappa shape index (κ3) is 3.15. The van der Waals surface area contributed by atoms with Crippen LogP contribution in [-0.2, 0) is 19.1 Å². The van der Waals surface area contributed by atoms with Crippen molar-refractivity contribution >= 4 is 29.3 Å². The van der Waals surface area contributed by atoms with Gasteiger partial charge in [-0.3, -0.25) is 34.2 Å². The molecule has 1 saturated heterocycles. The molecule has 0 spiro atoms. The number of nitro groups is 1. The fourth-order valence-electron chi connectivity index (χ4n) is 5.54. The van der Waals surface area contributed by atoms with Crippen LogP contribution < -0.4 is 0 Å². The van der Waals surface area contributed by atoms with Crippen molar-refractivity contribution in [2.45, 2.75) is 12.8 Å². The first kappa shape index (κ1) is 19.6. The van der Waals surface area contributed by atoms with Gasteiger partial charge < -0.3 is 4.74 Å². The highest BCUT2D eigenvalue weighted by atomic mass is 16.6. The van der Waals surface area contributed by atoms with Crippen LogP contribution in [0.25, 0.3) is 0 Å². The monoisotopic (exact) mass is 424 g/mol. The van der Waals surface area contributed by atoms with Crippen LogP contribution in [0.3, 0.4) is 0 Å². The van der Waals surface area contributed by atoms with Crippen LogP contribution in [0.1, 0.15) is 23.2 Å². The maximum absolute atomic E-state index is 12.9. The Morgan fingerprint density at radius 2 is 1.74 bits per heavy atom. The summed E-state index contributed by atoms with van der Waals surface area (Å²) in [6.45, 7) is -0.631. The topological polar surface area (TPSA) is 124 Å². The van der Waals surface area contributed by atoms with Gasteiger partial charge in [0.2, 0.25) is 17.6 Å². The Balaban J connectivity index is 1.15.